The van der Waals surface area contributed by atoms with Crippen LogP contribution in [0.25, 0.3) is 0 Å². The molecule has 0 radical (unpaired) electrons. The third kappa shape index (κ3) is 3.86. The van der Waals surface area contributed by atoms with Gasteiger partial charge >= 0.3 is 5.97 Å². The van der Waals surface area contributed by atoms with Crippen LogP contribution >= 0.6 is 11.8 Å². The van der Waals surface area contributed by atoms with Gasteiger partial charge in [0.25, 0.3) is 5.76 Å². The number of aliphatic carboxylic acids is 1. The van der Waals surface area contributed by atoms with Crippen molar-refractivity contribution >= 4 is 17.7 Å². The Labute approximate surface area is 139 Å². The molecule has 1 saturated carbocycles. The van der Waals surface area contributed by atoms with Gasteiger partial charge < -0.3 is 5.11 Å². The molecule has 23 heavy (non-hydrogen) atoms. The highest BCUT2D eigenvalue weighted by Crippen LogP contribution is 2.40. The molecule has 3 atom stereocenters. The Kier molecular flexibility index (Phi) is 5.21. The van der Waals surface area contributed by atoms with E-state index in [-0.39, 0.29) is 0 Å². The molecular weight excluding hydrogens is 320 g/mol. The number of alkyl halides is 2. The maximum Gasteiger partial charge on any atom is 0.320 e. The first-order valence-corrected chi connectivity index (χ1v) is 8.95. The molecule has 1 heterocycles. The van der Waals surface area contributed by atoms with Crippen LogP contribution in [0.3, 0.4) is 0 Å². The van der Waals surface area contributed by atoms with Crippen molar-refractivity contribution in [3.05, 3.63) is 29.8 Å². The summed E-state index contributed by atoms with van der Waals surface area (Å²) in [5.41, 5.74) is 0.987. The minimum Gasteiger partial charge on any atom is -0.480 e. The van der Waals surface area contributed by atoms with Gasteiger partial charge in [0.2, 0.25) is 0 Å². The number of fused-ring (bicyclic) bond motifs is 1. The molecule has 0 spiro atoms. The zero-order chi connectivity index (χ0) is 16.4. The summed E-state index contributed by atoms with van der Waals surface area (Å²) in [6, 6.07) is 6.98. The van der Waals surface area contributed by atoms with Gasteiger partial charge in [-0.2, -0.15) is 8.78 Å². The molecule has 2 aliphatic rings. The molecule has 6 heteroatoms. The number of hydrogen-bond donors (Lipinski definition) is 1. The normalized spacial score (nSPS) is 28.0. The van der Waals surface area contributed by atoms with Crippen molar-refractivity contribution in [2.75, 3.05) is 0 Å². The summed E-state index contributed by atoms with van der Waals surface area (Å²) in [4.78, 5) is 14.2. The van der Waals surface area contributed by atoms with Crippen molar-refractivity contribution in [2.45, 2.75) is 61.4 Å². The van der Waals surface area contributed by atoms with Crippen LogP contribution in [0.1, 0.15) is 37.7 Å². The molecule has 1 aromatic carbocycles. The van der Waals surface area contributed by atoms with E-state index in [4.69, 9.17) is 0 Å². The van der Waals surface area contributed by atoms with E-state index in [9.17, 15) is 18.7 Å². The Balaban J connectivity index is 1.72. The zero-order valence-electron chi connectivity index (χ0n) is 12.8. The summed E-state index contributed by atoms with van der Waals surface area (Å²) >= 11 is 0.532. The summed E-state index contributed by atoms with van der Waals surface area (Å²) in [5, 5.41) is 9.52. The standard InChI is InChI=1S/C17H21F2NO2S/c18-17(19)23-13-7-5-11(6-8-13)10-20-14-4-2-1-3-12(14)9-15(20)16(21)22/h5-8,12,14-15,17H,1-4,9-10H2,(H,21,22). The number of carboxylic acids is 1. The quantitative estimate of drug-likeness (QED) is 0.814. The number of benzene rings is 1. The van der Waals surface area contributed by atoms with E-state index in [1.807, 2.05) is 12.1 Å². The van der Waals surface area contributed by atoms with Crippen molar-refractivity contribution in [3.8, 4) is 0 Å². The van der Waals surface area contributed by atoms with Crippen molar-refractivity contribution in [3.63, 3.8) is 0 Å². The van der Waals surface area contributed by atoms with Crippen LogP contribution in [-0.4, -0.2) is 33.8 Å². The molecule has 2 fully saturated rings. The van der Waals surface area contributed by atoms with Crippen LogP contribution in [0.2, 0.25) is 0 Å². The molecule has 1 N–H and O–H groups in total. The molecule has 126 valence electrons. The van der Waals surface area contributed by atoms with E-state index in [0.29, 0.717) is 35.2 Å². The number of hydrogen-bond acceptors (Lipinski definition) is 3. The molecule has 3 unspecified atom stereocenters. The number of halogens is 2. The summed E-state index contributed by atoms with van der Waals surface area (Å²) in [7, 11) is 0. The Morgan fingerprint density at radius 3 is 2.61 bits per heavy atom. The number of thioether (sulfide) groups is 1. The fourth-order valence-corrected chi connectivity index (χ4v) is 4.51. The summed E-state index contributed by atoms with van der Waals surface area (Å²) in [6.45, 7) is 0.581. The van der Waals surface area contributed by atoms with E-state index in [1.165, 1.54) is 6.42 Å². The van der Waals surface area contributed by atoms with Crippen LogP contribution < -0.4 is 0 Å². The maximum atomic E-state index is 12.4. The average molecular weight is 341 g/mol. The van der Waals surface area contributed by atoms with Crippen molar-refractivity contribution in [1.29, 1.82) is 0 Å². The Morgan fingerprint density at radius 1 is 1.26 bits per heavy atom. The lowest BCUT2D eigenvalue weighted by atomic mass is 9.84. The van der Waals surface area contributed by atoms with E-state index in [0.717, 1.165) is 31.2 Å². The third-order valence-corrected chi connectivity index (χ3v) is 5.74. The van der Waals surface area contributed by atoms with Crippen molar-refractivity contribution in [2.24, 2.45) is 5.92 Å². The first-order valence-electron chi connectivity index (χ1n) is 8.07. The largest absolute Gasteiger partial charge is 0.480 e. The number of nitrogens with zero attached hydrogens (tertiary/aromatic N) is 1. The summed E-state index contributed by atoms with van der Waals surface area (Å²) < 4.78 is 24.7. The first kappa shape index (κ1) is 16.7. The highest BCUT2D eigenvalue weighted by molar-refractivity contribution is 7.99. The smallest absolute Gasteiger partial charge is 0.320 e. The Bertz CT molecular complexity index is 552. The average Bonchev–Trinajstić information content (AvgIpc) is 2.88. The van der Waals surface area contributed by atoms with Gasteiger partial charge in [-0.3, -0.25) is 9.69 Å². The molecule has 1 aromatic rings. The minimum absolute atomic E-state index is 0.347. The lowest BCUT2D eigenvalue weighted by Gasteiger charge is -2.33. The highest BCUT2D eigenvalue weighted by atomic mass is 32.2. The minimum atomic E-state index is -2.42. The molecule has 3 nitrogen and oxygen atoms in total. The van der Waals surface area contributed by atoms with Gasteiger partial charge in [0, 0.05) is 17.5 Å². The lowest BCUT2D eigenvalue weighted by molar-refractivity contribution is -0.142. The molecule has 0 aromatic heterocycles. The zero-order valence-corrected chi connectivity index (χ0v) is 13.6. The predicted octanol–water partition coefficient (Wildman–Crippen LogP) is 4.22. The van der Waals surface area contributed by atoms with Gasteiger partial charge in [-0.05, 0) is 42.9 Å². The van der Waals surface area contributed by atoms with E-state index >= 15 is 0 Å². The molecule has 1 aliphatic heterocycles. The van der Waals surface area contributed by atoms with Gasteiger partial charge in [-0.15, -0.1) is 0 Å². The molecule has 0 amide bonds. The number of carboxylic acid groups (broad SMARTS) is 1. The highest BCUT2D eigenvalue weighted by Gasteiger charge is 2.44. The first-order chi connectivity index (χ1) is 11.0. The monoisotopic (exact) mass is 341 g/mol. The van der Waals surface area contributed by atoms with Crippen LogP contribution in [-0.2, 0) is 11.3 Å². The van der Waals surface area contributed by atoms with Crippen LogP contribution in [0.4, 0.5) is 8.78 Å². The Hall–Kier alpha value is -1.14. The Morgan fingerprint density at radius 2 is 1.96 bits per heavy atom. The second-order valence-corrected chi connectivity index (χ2v) is 7.46. The molecule has 1 aliphatic carbocycles. The van der Waals surface area contributed by atoms with Gasteiger partial charge in [0.05, 0.1) is 0 Å². The van der Waals surface area contributed by atoms with E-state index in [1.54, 1.807) is 12.1 Å². The number of likely N-dealkylation sites (tertiary alicyclic amines) is 1. The van der Waals surface area contributed by atoms with Crippen molar-refractivity contribution in [1.82, 2.24) is 4.90 Å². The van der Waals surface area contributed by atoms with Gasteiger partial charge in [0.1, 0.15) is 6.04 Å². The van der Waals surface area contributed by atoms with Gasteiger partial charge in [-0.1, -0.05) is 36.7 Å². The second kappa shape index (κ2) is 7.18. The van der Waals surface area contributed by atoms with Crippen LogP contribution in [0.5, 0.6) is 0 Å². The van der Waals surface area contributed by atoms with Crippen LogP contribution in [0.15, 0.2) is 29.2 Å². The SMILES string of the molecule is O=C(O)C1CC2CCCCC2N1Cc1ccc(SC(F)F)cc1. The predicted molar refractivity (Wildman–Crippen MR) is 85.6 cm³/mol. The maximum absolute atomic E-state index is 12.4. The second-order valence-electron chi connectivity index (χ2n) is 6.40. The lowest BCUT2D eigenvalue weighted by Crippen LogP contribution is -2.41. The van der Waals surface area contributed by atoms with Gasteiger partial charge in [0.15, 0.2) is 0 Å². The number of rotatable bonds is 5. The third-order valence-electron chi connectivity index (χ3n) is 5.02. The fraction of sp³-hybridized carbons (Fsp3) is 0.588. The summed E-state index contributed by atoms with van der Waals surface area (Å²) in [5.74, 6) is -2.68. The van der Waals surface area contributed by atoms with Gasteiger partial charge in [-0.25, -0.2) is 0 Å². The molecule has 3 rings (SSSR count). The topological polar surface area (TPSA) is 40.5 Å². The number of carbonyl (C=O) groups is 1. The van der Waals surface area contributed by atoms with E-state index < -0.39 is 17.8 Å². The summed E-state index contributed by atoms with van der Waals surface area (Å²) in [6.07, 6.45) is 5.27. The molecule has 1 saturated heterocycles. The molecular formula is C17H21F2NO2S. The van der Waals surface area contributed by atoms with Crippen molar-refractivity contribution < 1.29 is 18.7 Å². The van der Waals surface area contributed by atoms with E-state index in [2.05, 4.69) is 4.90 Å². The molecule has 0 bridgehead atoms. The van der Waals surface area contributed by atoms with Crippen LogP contribution in [0, 0.1) is 5.92 Å². The fourth-order valence-electron chi connectivity index (χ4n) is 4.01.